The molecule has 1 aliphatic heterocycles. The van der Waals surface area contributed by atoms with Crippen molar-refractivity contribution in [1.82, 2.24) is 9.88 Å². The molecule has 2 aromatic carbocycles. The van der Waals surface area contributed by atoms with Gasteiger partial charge in [-0.25, -0.2) is 0 Å². The zero-order valence-corrected chi connectivity index (χ0v) is 14.1. The first-order valence-corrected chi connectivity index (χ1v) is 8.52. The van der Waals surface area contributed by atoms with Gasteiger partial charge in [-0.15, -0.1) is 0 Å². The average molecular weight is 347 g/mol. The summed E-state index contributed by atoms with van der Waals surface area (Å²) in [6, 6.07) is 14.4. The molecule has 26 heavy (non-hydrogen) atoms. The van der Waals surface area contributed by atoms with Gasteiger partial charge >= 0.3 is 0 Å². The van der Waals surface area contributed by atoms with Crippen LogP contribution in [0.3, 0.4) is 0 Å². The van der Waals surface area contributed by atoms with Crippen LogP contribution in [0.5, 0.6) is 0 Å². The van der Waals surface area contributed by atoms with E-state index in [1.807, 2.05) is 35.2 Å². The van der Waals surface area contributed by atoms with Crippen LogP contribution in [0.4, 0.5) is 5.69 Å². The van der Waals surface area contributed by atoms with Gasteiger partial charge in [-0.3, -0.25) is 19.9 Å². The lowest BCUT2D eigenvalue weighted by Gasteiger charge is -2.17. The van der Waals surface area contributed by atoms with E-state index in [1.54, 1.807) is 18.3 Å². The number of fused-ring (bicyclic) bond motifs is 1. The van der Waals surface area contributed by atoms with E-state index in [2.05, 4.69) is 4.98 Å². The van der Waals surface area contributed by atoms with E-state index >= 15 is 0 Å². The van der Waals surface area contributed by atoms with Crippen molar-refractivity contribution in [3.63, 3.8) is 0 Å². The van der Waals surface area contributed by atoms with Gasteiger partial charge in [-0.05, 0) is 35.7 Å². The minimum Gasteiger partial charge on any atom is -0.338 e. The molecule has 1 saturated heterocycles. The van der Waals surface area contributed by atoms with Crippen molar-refractivity contribution in [3.8, 4) is 11.1 Å². The summed E-state index contributed by atoms with van der Waals surface area (Å²) in [7, 11) is 0. The molecule has 0 spiro atoms. The fourth-order valence-corrected chi connectivity index (χ4v) is 3.44. The predicted molar refractivity (Wildman–Crippen MR) is 98.5 cm³/mol. The van der Waals surface area contributed by atoms with E-state index in [1.165, 1.54) is 6.07 Å². The second-order valence-corrected chi connectivity index (χ2v) is 6.44. The highest BCUT2D eigenvalue weighted by molar-refractivity contribution is 5.94. The zero-order chi connectivity index (χ0) is 18.1. The van der Waals surface area contributed by atoms with E-state index in [0.717, 1.165) is 40.6 Å². The van der Waals surface area contributed by atoms with Gasteiger partial charge in [0.2, 0.25) is 5.91 Å². The van der Waals surface area contributed by atoms with Crippen molar-refractivity contribution in [2.75, 3.05) is 6.54 Å². The molecule has 0 aliphatic carbocycles. The lowest BCUT2D eigenvalue weighted by molar-refractivity contribution is -0.384. The van der Waals surface area contributed by atoms with E-state index in [4.69, 9.17) is 0 Å². The number of likely N-dealkylation sites (tertiary alicyclic amines) is 1. The Morgan fingerprint density at radius 3 is 2.81 bits per heavy atom. The van der Waals surface area contributed by atoms with Crippen LogP contribution in [0.25, 0.3) is 22.0 Å². The second-order valence-electron chi connectivity index (χ2n) is 6.44. The number of amides is 1. The van der Waals surface area contributed by atoms with Crippen LogP contribution in [0.15, 0.2) is 54.7 Å². The Hall–Kier alpha value is -3.28. The molecule has 3 aromatic rings. The minimum atomic E-state index is -0.397. The summed E-state index contributed by atoms with van der Waals surface area (Å²) in [4.78, 5) is 29.0. The molecule has 6 nitrogen and oxygen atoms in total. The summed E-state index contributed by atoms with van der Waals surface area (Å²) in [6.07, 6.45) is 3.21. The number of pyridine rings is 1. The minimum absolute atomic E-state index is 0.0479. The number of benzene rings is 2. The van der Waals surface area contributed by atoms with Gasteiger partial charge < -0.3 is 4.90 Å². The van der Waals surface area contributed by atoms with Crippen molar-refractivity contribution < 1.29 is 9.72 Å². The molecule has 0 unspecified atom stereocenters. The number of rotatable bonds is 4. The van der Waals surface area contributed by atoms with Crippen LogP contribution in [0, 0.1) is 10.1 Å². The fourth-order valence-electron chi connectivity index (χ4n) is 3.44. The largest absolute Gasteiger partial charge is 0.338 e. The smallest absolute Gasteiger partial charge is 0.270 e. The molecular formula is C20H17N3O3. The van der Waals surface area contributed by atoms with Gasteiger partial charge in [-0.2, -0.15) is 0 Å². The van der Waals surface area contributed by atoms with Crippen molar-refractivity contribution >= 4 is 22.5 Å². The first-order chi connectivity index (χ1) is 12.6. The van der Waals surface area contributed by atoms with Crippen LogP contribution in [0.2, 0.25) is 0 Å². The molecule has 0 radical (unpaired) electrons. The number of hydrogen-bond donors (Lipinski definition) is 0. The Balaban J connectivity index is 1.83. The standard InChI is InChI=1S/C20H17N3O3/c24-19-7-3-9-22(19)13-14-10-16-5-2-8-21-20(16)18(11-14)15-4-1-6-17(12-15)23(25)26/h1-2,4-6,8,10-12H,3,7,9,13H2. The number of nitrogens with zero attached hydrogens (tertiary/aromatic N) is 3. The van der Waals surface area contributed by atoms with E-state index < -0.39 is 4.92 Å². The van der Waals surface area contributed by atoms with E-state index in [-0.39, 0.29) is 11.6 Å². The van der Waals surface area contributed by atoms with Crippen LogP contribution in [-0.2, 0) is 11.3 Å². The molecule has 0 N–H and O–H groups in total. The Labute approximate surface area is 150 Å². The van der Waals surface area contributed by atoms with Crippen molar-refractivity contribution in [3.05, 3.63) is 70.4 Å². The molecule has 2 heterocycles. The Morgan fingerprint density at radius 2 is 2.04 bits per heavy atom. The predicted octanol–water partition coefficient (Wildman–Crippen LogP) is 3.93. The number of carbonyl (C=O) groups is 1. The quantitative estimate of drug-likeness (QED) is 0.529. The molecular weight excluding hydrogens is 330 g/mol. The maximum absolute atomic E-state index is 12.0. The number of carbonyl (C=O) groups excluding carboxylic acids is 1. The number of nitro benzene ring substituents is 1. The lowest BCUT2D eigenvalue weighted by atomic mass is 9.98. The molecule has 1 aliphatic rings. The molecule has 1 fully saturated rings. The molecule has 1 aromatic heterocycles. The molecule has 6 heteroatoms. The monoisotopic (exact) mass is 347 g/mol. The zero-order valence-electron chi connectivity index (χ0n) is 14.1. The summed E-state index contributed by atoms with van der Waals surface area (Å²) in [5, 5.41) is 12.1. The summed E-state index contributed by atoms with van der Waals surface area (Å²) in [5.74, 6) is 0.174. The molecule has 0 saturated carbocycles. The van der Waals surface area contributed by atoms with E-state index in [9.17, 15) is 14.9 Å². The van der Waals surface area contributed by atoms with Crippen molar-refractivity contribution in [2.45, 2.75) is 19.4 Å². The van der Waals surface area contributed by atoms with Gasteiger partial charge in [0.25, 0.3) is 5.69 Å². The Kier molecular flexibility index (Phi) is 4.08. The molecule has 0 bridgehead atoms. The normalized spacial score (nSPS) is 14.2. The maximum atomic E-state index is 12.0. The Morgan fingerprint density at radius 1 is 1.15 bits per heavy atom. The summed E-state index contributed by atoms with van der Waals surface area (Å²) in [5.41, 5.74) is 3.43. The maximum Gasteiger partial charge on any atom is 0.270 e. The second kappa shape index (κ2) is 6.55. The van der Waals surface area contributed by atoms with Crippen molar-refractivity contribution in [1.29, 1.82) is 0 Å². The highest BCUT2D eigenvalue weighted by Gasteiger charge is 2.21. The van der Waals surface area contributed by atoms with Gasteiger partial charge in [0.1, 0.15) is 0 Å². The first-order valence-electron chi connectivity index (χ1n) is 8.52. The number of nitro groups is 1. The van der Waals surface area contributed by atoms with Gasteiger partial charge in [0, 0.05) is 48.8 Å². The summed E-state index contributed by atoms with van der Waals surface area (Å²) in [6.45, 7) is 1.32. The first kappa shape index (κ1) is 16.2. The van der Waals surface area contributed by atoms with Crippen LogP contribution in [-0.4, -0.2) is 27.3 Å². The highest BCUT2D eigenvalue weighted by atomic mass is 16.6. The molecule has 130 valence electrons. The van der Waals surface area contributed by atoms with Gasteiger partial charge in [-0.1, -0.05) is 18.2 Å². The van der Waals surface area contributed by atoms with Crippen LogP contribution < -0.4 is 0 Å². The third-order valence-corrected chi connectivity index (χ3v) is 4.68. The third-order valence-electron chi connectivity index (χ3n) is 4.68. The molecule has 1 amide bonds. The highest BCUT2D eigenvalue weighted by Crippen LogP contribution is 2.31. The van der Waals surface area contributed by atoms with Gasteiger partial charge in [0.15, 0.2) is 0 Å². The number of non-ortho nitro benzene ring substituents is 1. The molecule has 0 atom stereocenters. The van der Waals surface area contributed by atoms with Crippen molar-refractivity contribution in [2.24, 2.45) is 0 Å². The van der Waals surface area contributed by atoms with Crippen LogP contribution >= 0.6 is 0 Å². The van der Waals surface area contributed by atoms with E-state index in [0.29, 0.717) is 13.0 Å². The molecule has 4 rings (SSSR count). The fraction of sp³-hybridized carbons (Fsp3) is 0.200. The average Bonchev–Trinajstić information content (AvgIpc) is 3.06. The number of hydrogen-bond acceptors (Lipinski definition) is 4. The summed E-state index contributed by atoms with van der Waals surface area (Å²) < 4.78 is 0. The topological polar surface area (TPSA) is 76.3 Å². The van der Waals surface area contributed by atoms with Gasteiger partial charge in [0.05, 0.1) is 10.4 Å². The van der Waals surface area contributed by atoms with Crippen LogP contribution in [0.1, 0.15) is 18.4 Å². The number of aromatic nitrogens is 1. The lowest BCUT2D eigenvalue weighted by Crippen LogP contribution is -2.23. The summed E-state index contributed by atoms with van der Waals surface area (Å²) >= 11 is 0. The Bertz CT molecular complexity index is 1020. The third kappa shape index (κ3) is 3.01. The SMILES string of the molecule is O=C1CCCN1Cc1cc(-c2cccc([N+](=O)[O-])c2)c2ncccc2c1.